The average molecular weight is 116 g/mol. The third kappa shape index (κ3) is 6.00. The highest BCUT2D eigenvalue weighted by Gasteiger charge is 1.92. The summed E-state index contributed by atoms with van der Waals surface area (Å²) in [5.41, 5.74) is 0. The average Bonchev–Trinajstić information content (AvgIpc) is 1.68. The van der Waals surface area contributed by atoms with Crippen LogP contribution in [0.15, 0.2) is 0 Å². The van der Waals surface area contributed by atoms with E-state index < -0.39 is 0 Å². The zero-order valence-electron chi connectivity index (χ0n) is 5.70. The molecule has 0 aromatic heterocycles. The molecule has 52 valence electrons. The minimum Gasteiger partial charge on any atom is -0.0776 e. The number of hydrogen-bond acceptors (Lipinski definition) is 0. The molecule has 0 saturated heterocycles. The van der Waals surface area contributed by atoms with Gasteiger partial charge in [0.25, 0.3) is 0 Å². The minimum absolute atomic E-state index is 0. The summed E-state index contributed by atoms with van der Waals surface area (Å²) < 4.78 is 0. The fourth-order valence-electron chi connectivity index (χ4n) is 0.697. The fraction of sp³-hybridized carbons (Fsp3) is 1.00. The number of rotatable bonds is 3. The third-order valence-electron chi connectivity index (χ3n) is 1.48. The van der Waals surface area contributed by atoms with Crippen molar-refractivity contribution in [2.75, 3.05) is 0 Å². The van der Waals surface area contributed by atoms with Crippen molar-refractivity contribution < 1.29 is 0 Å². The second kappa shape index (κ2) is 7.00. The van der Waals surface area contributed by atoms with E-state index in [2.05, 4.69) is 20.8 Å². The molecule has 0 heteroatoms. The molecule has 0 rings (SSSR count). The van der Waals surface area contributed by atoms with Gasteiger partial charge in [0, 0.05) is 0 Å². The quantitative estimate of drug-likeness (QED) is 0.529. The highest BCUT2D eigenvalue weighted by atomic mass is 14.0. The molecule has 0 aromatic carbocycles. The summed E-state index contributed by atoms with van der Waals surface area (Å²) in [5, 5.41) is 0. The Kier molecular flexibility index (Phi) is 9.53. The molecule has 0 aromatic rings. The largest absolute Gasteiger partial charge is 0.0776 e. The smallest absolute Gasteiger partial charge is 0.0446 e. The topological polar surface area (TPSA) is 0 Å². The van der Waals surface area contributed by atoms with Crippen LogP contribution in [0.4, 0.5) is 0 Å². The van der Waals surface area contributed by atoms with E-state index in [0.717, 1.165) is 5.92 Å². The maximum Gasteiger partial charge on any atom is -0.0446 e. The van der Waals surface area contributed by atoms with Gasteiger partial charge in [-0.15, -0.1) is 0 Å². The van der Waals surface area contributed by atoms with Crippen LogP contribution in [-0.4, -0.2) is 0 Å². The zero-order chi connectivity index (χ0) is 5.70. The Morgan fingerprint density at radius 3 is 1.88 bits per heavy atom. The lowest BCUT2D eigenvalue weighted by Gasteiger charge is -2.02. The normalized spacial score (nSPS) is 12.4. The molecular weight excluding hydrogens is 96.1 g/mol. The van der Waals surface area contributed by atoms with Crippen molar-refractivity contribution in [1.82, 2.24) is 0 Å². The second-order valence-corrected chi connectivity index (χ2v) is 2.30. The predicted octanol–water partition coefficient (Wildman–Crippen LogP) is 3.47. The molecular formula is C8H20. The van der Waals surface area contributed by atoms with Crippen LogP contribution in [0, 0.1) is 5.92 Å². The summed E-state index contributed by atoms with van der Waals surface area (Å²) in [6, 6.07) is 0. The Balaban J connectivity index is 0. The molecule has 8 heavy (non-hydrogen) atoms. The Morgan fingerprint density at radius 1 is 1.25 bits per heavy atom. The van der Waals surface area contributed by atoms with Crippen LogP contribution in [0.3, 0.4) is 0 Å². The van der Waals surface area contributed by atoms with E-state index in [9.17, 15) is 0 Å². The first-order valence-electron chi connectivity index (χ1n) is 3.31. The summed E-state index contributed by atoms with van der Waals surface area (Å²) >= 11 is 0. The van der Waals surface area contributed by atoms with Crippen LogP contribution in [-0.2, 0) is 0 Å². The molecule has 0 bridgehead atoms. The molecule has 0 aliphatic rings. The summed E-state index contributed by atoms with van der Waals surface area (Å²) in [5.74, 6) is 0.949. The Labute approximate surface area is 54.3 Å². The van der Waals surface area contributed by atoms with E-state index in [-0.39, 0.29) is 7.43 Å². The first kappa shape index (κ1) is 10.9. The standard InChI is InChI=1S/C7H16.CH4/c1-4-6-7(3)5-2;/h7H,4-6H2,1-3H3;1H4/t7-;/m1./s1. The van der Waals surface area contributed by atoms with Gasteiger partial charge in [-0.1, -0.05) is 47.5 Å². The molecule has 0 amide bonds. The van der Waals surface area contributed by atoms with E-state index in [1.54, 1.807) is 0 Å². The van der Waals surface area contributed by atoms with Gasteiger partial charge in [0.2, 0.25) is 0 Å². The van der Waals surface area contributed by atoms with Gasteiger partial charge < -0.3 is 0 Å². The van der Waals surface area contributed by atoms with Crippen molar-refractivity contribution in [1.29, 1.82) is 0 Å². The molecule has 0 nitrogen and oxygen atoms in total. The number of hydrogen-bond donors (Lipinski definition) is 0. The molecule has 1 atom stereocenters. The lowest BCUT2D eigenvalue weighted by atomic mass is 10.0. The summed E-state index contributed by atoms with van der Waals surface area (Å²) in [4.78, 5) is 0. The second-order valence-electron chi connectivity index (χ2n) is 2.30. The van der Waals surface area contributed by atoms with Crippen LogP contribution in [0.5, 0.6) is 0 Å². The van der Waals surface area contributed by atoms with Crippen LogP contribution in [0.1, 0.15) is 47.5 Å². The molecule has 0 aliphatic carbocycles. The first-order chi connectivity index (χ1) is 3.31. The van der Waals surface area contributed by atoms with Crippen molar-refractivity contribution in [2.24, 2.45) is 5.92 Å². The molecule has 0 heterocycles. The Hall–Kier alpha value is 0. The molecule has 0 fully saturated rings. The minimum atomic E-state index is 0. The highest BCUT2D eigenvalue weighted by molar-refractivity contribution is 4.45. The monoisotopic (exact) mass is 116 g/mol. The third-order valence-corrected chi connectivity index (χ3v) is 1.48. The van der Waals surface area contributed by atoms with Crippen molar-refractivity contribution in [3.05, 3.63) is 0 Å². The lowest BCUT2D eigenvalue weighted by Crippen LogP contribution is -1.88. The van der Waals surface area contributed by atoms with Crippen LogP contribution in [0.2, 0.25) is 0 Å². The molecule has 0 radical (unpaired) electrons. The predicted molar refractivity (Wildman–Crippen MR) is 41.1 cm³/mol. The molecule has 0 unspecified atom stereocenters. The van der Waals surface area contributed by atoms with Crippen molar-refractivity contribution in [3.63, 3.8) is 0 Å². The van der Waals surface area contributed by atoms with Gasteiger partial charge in [0.15, 0.2) is 0 Å². The SMILES string of the molecule is C.CCC[C@H](C)CC. The zero-order valence-corrected chi connectivity index (χ0v) is 5.70. The van der Waals surface area contributed by atoms with Crippen molar-refractivity contribution in [3.8, 4) is 0 Å². The molecule has 0 aliphatic heterocycles. The fourth-order valence-corrected chi connectivity index (χ4v) is 0.697. The van der Waals surface area contributed by atoms with Gasteiger partial charge in [-0.3, -0.25) is 0 Å². The molecule has 0 saturated carbocycles. The van der Waals surface area contributed by atoms with Gasteiger partial charge in [0.1, 0.15) is 0 Å². The maximum absolute atomic E-state index is 2.31. The van der Waals surface area contributed by atoms with Gasteiger partial charge in [0.05, 0.1) is 0 Å². The molecule has 0 spiro atoms. The van der Waals surface area contributed by atoms with E-state index in [1.807, 2.05) is 0 Å². The van der Waals surface area contributed by atoms with Crippen molar-refractivity contribution >= 4 is 0 Å². The van der Waals surface area contributed by atoms with E-state index >= 15 is 0 Å². The van der Waals surface area contributed by atoms with Crippen LogP contribution < -0.4 is 0 Å². The van der Waals surface area contributed by atoms with E-state index in [1.165, 1.54) is 19.3 Å². The Morgan fingerprint density at radius 2 is 1.75 bits per heavy atom. The van der Waals surface area contributed by atoms with E-state index in [0.29, 0.717) is 0 Å². The Bertz CT molecular complexity index is 31.0. The van der Waals surface area contributed by atoms with Gasteiger partial charge in [-0.05, 0) is 5.92 Å². The summed E-state index contributed by atoms with van der Waals surface area (Å²) in [6.45, 7) is 6.80. The summed E-state index contributed by atoms with van der Waals surface area (Å²) in [6.07, 6.45) is 4.08. The maximum atomic E-state index is 2.31. The van der Waals surface area contributed by atoms with E-state index in [4.69, 9.17) is 0 Å². The first-order valence-corrected chi connectivity index (χ1v) is 3.31. The molecule has 0 N–H and O–H groups in total. The van der Waals surface area contributed by atoms with Crippen molar-refractivity contribution in [2.45, 2.75) is 47.5 Å². The summed E-state index contributed by atoms with van der Waals surface area (Å²) in [7, 11) is 0. The van der Waals surface area contributed by atoms with Crippen LogP contribution >= 0.6 is 0 Å². The highest BCUT2D eigenvalue weighted by Crippen LogP contribution is 2.07. The van der Waals surface area contributed by atoms with Gasteiger partial charge in [-0.25, -0.2) is 0 Å². The van der Waals surface area contributed by atoms with Gasteiger partial charge in [-0.2, -0.15) is 0 Å². The van der Waals surface area contributed by atoms with Gasteiger partial charge >= 0.3 is 0 Å². The lowest BCUT2D eigenvalue weighted by molar-refractivity contribution is 0.509. The van der Waals surface area contributed by atoms with Crippen LogP contribution in [0.25, 0.3) is 0 Å².